The number of benzene rings is 2. The summed E-state index contributed by atoms with van der Waals surface area (Å²) in [4.78, 5) is 37.0. The lowest BCUT2D eigenvalue weighted by atomic mass is 10.1. The van der Waals surface area contributed by atoms with Crippen LogP contribution in [-0.4, -0.2) is 29.6 Å². The van der Waals surface area contributed by atoms with E-state index in [-0.39, 0.29) is 25.4 Å². The van der Waals surface area contributed by atoms with Crippen molar-refractivity contribution in [3.63, 3.8) is 0 Å². The minimum absolute atomic E-state index is 0.0513. The zero-order valence-corrected chi connectivity index (χ0v) is 18.2. The van der Waals surface area contributed by atoms with Gasteiger partial charge in [0.05, 0.1) is 0 Å². The smallest absolute Gasteiger partial charge is 0.408 e. The van der Waals surface area contributed by atoms with Crippen molar-refractivity contribution in [2.75, 3.05) is 0 Å². The number of alkyl carbamates (subject to hydrolysis) is 1. The molecule has 0 aliphatic rings. The third kappa shape index (κ3) is 9.80. The fraction of sp³-hybridized carbons (Fsp3) is 0.375. The molecular formula is C24H30N2O5. The summed E-state index contributed by atoms with van der Waals surface area (Å²) < 4.78 is 10.6. The molecule has 7 heteroatoms. The van der Waals surface area contributed by atoms with Gasteiger partial charge in [-0.1, -0.05) is 60.7 Å². The molecule has 0 saturated heterocycles. The Balaban J connectivity index is 1.88. The molecule has 166 valence electrons. The molecule has 2 aromatic carbocycles. The molecule has 1 atom stereocenters. The Morgan fingerprint density at radius 2 is 1.48 bits per heavy atom. The Morgan fingerprint density at radius 3 is 2.06 bits per heavy atom. The molecule has 2 N–H and O–H groups in total. The topological polar surface area (TPSA) is 93.7 Å². The van der Waals surface area contributed by atoms with Crippen molar-refractivity contribution in [3.05, 3.63) is 71.8 Å². The number of carbonyl (C=O) groups excluding carboxylic acids is 3. The molecule has 7 nitrogen and oxygen atoms in total. The summed E-state index contributed by atoms with van der Waals surface area (Å²) in [6.45, 7) is 5.68. The first kappa shape index (κ1) is 23.9. The fourth-order valence-electron chi connectivity index (χ4n) is 2.69. The lowest BCUT2D eigenvalue weighted by Crippen LogP contribution is -2.45. The van der Waals surface area contributed by atoms with Crippen LogP contribution in [0.3, 0.4) is 0 Å². The highest BCUT2D eigenvalue weighted by Crippen LogP contribution is 2.11. The van der Waals surface area contributed by atoms with Gasteiger partial charge in [0, 0.05) is 13.0 Å². The van der Waals surface area contributed by atoms with Crippen molar-refractivity contribution in [1.82, 2.24) is 10.6 Å². The van der Waals surface area contributed by atoms with E-state index in [2.05, 4.69) is 10.6 Å². The maximum Gasteiger partial charge on any atom is 0.408 e. The molecule has 0 bridgehead atoms. The Bertz CT molecular complexity index is 847. The van der Waals surface area contributed by atoms with Crippen LogP contribution in [0.5, 0.6) is 0 Å². The second-order valence-electron chi connectivity index (χ2n) is 8.09. The van der Waals surface area contributed by atoms with Gasteiger partial charge in [-0.3, -0.25) is 4.79 Å². The molecule has 0 aliphatic heterocycles. The van der Waals surface area contributed by atoms with E-state index in [1.54, 1.807) is 20.8 Å². The molecule has 0 aliphatic carbocycles. The quantitative estimate of drug-likeness (QED) is 0.596. The number of esters is 1. The SMILES string of the molecule is CC(C)(C)OC(=O)[C@H](CCC(=O)NCc1ccccc1)NC(=O)OCc1ccccc1. The first-order valence-corrected chi connectivity index (χ1v) is 10.2. The molecule has 2 aromatic rings. The van der Waals surface area contributed by atoms with Crippen LogP contribution in [0, 0.1) is 0 Å². The minimum atomic E-state index is -0.995. The second-order valence-corrected chi connectivity index (χ2v) is 8.09. The lowest BCUT2D eigenvalue weighted by Gasteiger charge is -2.24. The Kier molecular flexibility index (Phi) is 9.06. The van der Waals surface area contributed by atoms with Gasteiger partial charge in [0.1, 0.15) is 18.2 Å². The van der Waals surface area contributed by atoms with E-state index in [9.17, 15) is 14.4 Å². The van der Waals surface area contributed by atoms with E-state index in [0.29, 0.717) is 6.54 Å². The van der Waals surface area contributed by atoms with Crippen molar-refractivity contribution in [1.29, 1.82) is 0 Å². The van der Waals surface area contributed by atoms with Gasteiger partial charge in [0.2, 0.25) is 5.91 Å². The van der Waals surface area contributed by atoms with Crippen molar-refractivity contribution in [2.45, 2.75) is 58.4 Å². The second kappa shape index (κ2) is 11.7. The first-order valence-electron chi connectivity index (χ1n) is 10.2. The number of ether oxygens (including phenoxy) is 2. The molecule has 0 saturated carbocycles. The van der Waals surface area contributed by atoms with E-state index in [0.717, 1.165) is 11.1 Å². The summed E-state index contributed by atoms with van der Waals surface area (Å²) in [7, 11) is 0. The predicted octanol–water partition coefficient (Wildman–Crippen LogP) is 3.72. The third-order valence-corrected chi connectivity index (χ3v) is 4.19. The molecule has 31 heavy (non-hydrogen) atoms. The molecule has 0 spiro atoms. The normalized spacial score (nSPS) is 11.8. The largest absolute Gasteiger partial charge is 0.458 e. The zero-order chi connectivity index (χ0) is 22.7. The van der Waals surface area contributed by atoms with Crippen LogP contribution in [0.2, 0.25) is 0 Å². The van der Waals surface area contributed by atoms with Crippen LogP contribution in [0.25, 0.3) is 0 Å². The van der Waals surface area contributed by atoms with Crippen molar-refractivity contribution >= 4 is 18.0 Å². The van der Waals surface area contributed by atoms with Gasteiger partial charge in [-0.05, 0) is 38.3 Å². The highest BCUT2D eigenvalue weighted by Gasteiger charge is 2.27. The highest BCUT2D eigenvalue weighted by molar-refractivity contribution is 5.83. The molecule has 0 radical (unpaired) electrons. The van der Waals surface area contributed by atoms with Gasteiger partial charge < -0.3 is 20.1 Å². The van der Waals surface area contributed by atoms with Crippen LogP contribution in [0.15, 0.2) is 60.7 Å². The van der Waals surface area contributed by atoms with E-state index < -0.39 is 23.7 Å². The van der Waals surface area contributed by atoms with Crippen molar-refractivity contribution < 1.29 is 23.9 Å². The zero-order valence-electron chi connectivity index (χ0n) is 18.2. The average Bonchev–Trinajstić information content (AvgIpc) is 2.74. The number of carbonyl (C=O) groups is 3. The van der Waals surface area contributed by atoms with E-state index in [1.807, 2.05) is 60.7 Å². The summed E-state index contributed by atoms with van der Waals surface area (Å²) in [5, 5.41) is 5.33. The Labute approximate surface area is 183 Å². The molecule has 2 rings (SSSR count). The van der Waals surface area contributed by atoms with Gasteiger partial charge >= 0.3 is 12.1 Å². The molecule has 0 fully saturated rings. The Hall–Kier alpha value is -3.35. The maximum absolute atomic E-state index is 12.5. The molecular weight excluding hydrogens is 396 g/mol. The number of hydrogen-bond acceptors (Lipinski definition) is 5. The van der Waals surface area contributed by atoms with Crippen molar-refractivity contribution in [2.24, 2.45) is 0 Å². The van der Waals surface area contributed by atoms with Gasteiger partial charge in [-0.25, -0.2) is 9.59 Å². The van der Waals surface area contributed by atoms with Crippen LogP contribution >= 0.6 is 0 Å². The number of amides is 2. The standard InChI is InChI=1S/C24H30N2O5/c1-24(2,3)31-22(28)20(26-23(29)30-17-19-12-8-5-9-13-19)14-15-21(27)25-16-18-10-6-4-7-11-18/h4-13,20H,14-17H2,1-3H3,(H,25,27)(H,26,29)/t20-/m0/s1. The minimum Gasteiger partial charge on any atom is -0.458 e. The number of rotatable bonds is 9. The van der Waals surface area contributed by atoms with Gasteiger partial charge in [-0.2, -0.15) is 0 Å². The van der Waals surface area contributed by atoms with Gasteiger partial charge in [-0.15, -0.1) is 0 Å². The lowest BCUT2D eigenvalue weighted by molar-refractivity contribution is -0.157. The van der Waals surface area contributed by atoms with Crippen LogP contribution in [-0.2, 0) is 32.2 Å². The predicted molar refractivity (Wildman–Crippen MR) is 117 cm³/mol. The number of nitrogens with one attached hydrogen (secondary N) is 2. The summed E-state index contributed by atoms with van der Waals surface area (Å²) in [6, 6.07) is 17.7. The monoisotopic (exact) mass is 426 g/mol. The Morgan fingerprint density at radius 1 is 0.903 bits per heavy atom. The first-order chi connectivity index (χ1) is 14.7. The summed E-state index contributed by atoms with van der Waals surface area (Å²) in [5.74, 6) is -0.836. The van der Waals surface area contributed by atoms with Gasteiger partial charge in [0.25, 0.3) is 0 Å². The van der Waals surface area contributed by atoms with Crippen LogP contribution in [0.1, 0.15) is 44.7 Å². The molecule has 0 heterocycles. The highest BCUT2D eigenvalue weighted by atomic mass is 16.6. The summed E-state index contributed by atoms with van der Waals surface area (Å²) in [5.41, 5.74) is 1.08. The molecule has 0 aromatic heterocycles. The van der Waals surface area contributed by atoms with E-state index >= 15 is 0 Å². The third-order valence-electron chi connectivity index (χ3n) is 4.19. The molecule has 2 amide bonds. The van der Waals surface area contributed by atoms with Crippen LogP contribution in [0.4, 0.5) is 4.79 Å². The summed E-state index contributed by atoms with van der Waals surface area (Å²) >= 11 is 0. The fourth-order valence-corrected chi connectivity index (χ4v) is 2.69. The average molecular weight is 427 g/mol. The van der Waals surface area contributed by atoms with E-state index in [1.165, 1.54) is 0 Å². The van der Waals surface area contributed by atoms with Crippen molar-refractivity contribution in [3.8, 4) is 0 Å². The van der Waals surface area contributed by atoms with Gasteiger partial charge in [0.15, 0.2) is 0 Å². The van der Waals surface area contributed by atoms with E-state index in [4.69, 9.17) is 9.47 Å². The molecule has 0 unspecified atom stereocenters. The number of hydrogen-bond donors (Lipinski definition) is 2. The maximum atomic E-state index is 12.5. The summed E-state index contributed by atoms with van der Waals surface area (Å²) in [6.07, 6.45) is -0.601. The van der Waals surface area contributed by atoms with Crippen LogP contribution < -0.4 is 10.6 Å².